The van der Waals surface area contributed by atoms with Crippen molar-refractivity contribution in [3.63, 3.8) is 0 Å². The molecule has 15 heavy (non-hydrogen) atoms. The minimum atomic E-state index is 0.612. The second-order valence-electron chi connectivity index (χ2n) is 2.85. The summed E-state index contributed by atoms with van der Waals surface area (Å²) >= 11 is 1.52. The third kappa shape index (κ3) is 2.66. The molecule has 5 heteroatoms. The highest BCUT2D eigenvalue weighted by molar-refractivity contribution is 7.98. The van der Waals surface area contributed by atoms with E-state index >= 15 is 0 Å². The van der Waals surface area contributed by atoms with Crippen molar-refractivity contribution in [2.24, 2.45) is 0 Å². The van der Waals surface area contributed by atoms with Crippen LogP contribution in [0.1, 0.15) is 5.69 Å². The SMILES string of the molecule is [O-][n+]1ccccc1CSc1ccncn1. The van der Waals surface area contributed by atoms with Crippen LogP contribution in [0.4, 0.5) is 0 Å². The van der Waals surface area contributed by atoms with Gasteiger partial charge in [0.05, 0.1) is 10.8 Å². The molecule has 0 unspecified atom stereocenters. The molecular formula is C10H9N3OS. The van der Waals surface area contributed by atoms with Gasteiger partial charge in [-0.05, 0) is 12.1 Å². The number of rotatable bonds is 3. The second-order valence-corrected chi connectivity index (χ2v) is 3.85. The van der Waals surface area contributed by atoms with Crippen LogP contribution in [0.15, 0.2) is 48.0 Å². The lowest BCUT2D eigenvalue weighted by Gasteiger charge is -2.02. The highest BCUT2D eigenvalue weighted by atomic mass is 32.2. The molecule has 0 bridgehead atoms. The standard InChI is InChI=1S/C10H9N3OS/c14-13-6-2-1-3-9(13)7-15-10-4-5-11-8-12-10/h1-6,8H,7H2. The van der Waals surface area contributed by atoms with E-state index in [-0.39, 0.29) is 0 Å². The molecule has 0 aliphatic heterocycles. The molecule has 0 N–H and O–H groups in total. The summed E-state index contributed by atoms with van der Waals surface area (Å²) in [5.74, 6) is 0.612. The first-order valence-electron chi connectivity index (χ1n) is 4.42. The van der Waals surface area contributed by atoms with Crippen molar-refractivity contribution in [1.29, 1.82) is 0 Å². The van der Waals surface area contributed by atoms with Gasteiger partial charge < -0.3 is 5.21 Å². The van der Waals surface area contributed by atoms with E-state index in [0.717, 1.165) is 15.5 Å². The molecule has 0 fully saturated rings. The number of hydrogen-bond acceptors (Lipinski definition) is 4. The van der Waals surface area contributed by atoms with Gasteiger partial charge in [0.1, 0.15) is 6.33 Å². The first-order valence-corrected chi connectivity index (χ1v) is 5.41. The molecule has 0 atom stereocenters. The third-order valence-corrected chi connectivity index (χ3v) is 2.80. The van der Waals surface area contributed by atoms with Gasteiger partial charge in [0.15, 0.2) is 6.20 Å². The average molecular weight is 219 g/mol. The lowest BCUT2D eigenvalue weighted by Crippen LogP contribution is -2.30. The van der Waals surface area contributed by atoms with E-state index in [9.17, 15) is 5.21 Å². The van der Waals surface area contributed by atoms with Gasteiger partial charge in [0, 0.05) is 18.3 Å². The Hall–Kier alpha value is -1.62. The number of pyridine rings is 1. The Labute approximate surface area is 91.6 Å². The highest BCUT2D eigenvalue weighted by Crippen LogP contribution is 2.17. The van der Waals surface area contributed by atoms with Crippen molar-refractivity contribution >= 4 is 11.8 Å². The molecule has 0 aromatic carbocycles. The van der Waals surface area contributed by atoms with Crippen LogP contribution in [-0.4, -0.2) is 9.97 Å². The van der Waals surface area contributed by atoms with E-state index in [0.29, 0.717) is 5.75 Å². The zero-order valence-corrected chi connectivity index (χ0v) is 8.72. The monoisotopic (exact) mass is 219 g/mol. The Morgan fingerprint density at radius 3 is 3.00 bits per heavy atom. The zero-order valence-electron chi connectivity index (χ0n) is 7.91. The summed E-state index contributed by atoms with van der Waals surface area (Å²) in [5, 5.41) is 12.2. The Bertz CT molecular complexity index is 436. The van der Waals surface area contributed by atoms with Gasteiger partial charge in [0.25, 0.3) is 0 Å². The predicted octanol–water partition coefficient (Wildman–Crippen LogP) is 1.40. The van der Waals surface area contributed by atoms with Crippen LogP contribution in [0.5, 0.6) is 0 Å². The molecule has 2 aromatic rings. The molecule has 4 nitrogen and oxygen atoms in total. The van der Waals surface area contributed by atoms with Crippen molar-refractivity contribution < 1.29 is 4.73 Å². The van der Waals surface area contributed by atoms with E-state index < -0.39 is 0 Å². The number of hydrogen-bond donors (Lipinski definition) is 0. The highest BCUT2D eigenvalue weighted by Gasteiger charge is 2.04. The Morgan fingerprint density at radius 2 is 2.27 bits per heavy atom. The fourth-order valence-corrected chi connectivity index (χ4v) is 1.89. The van der Waals surface area contributed by atoms with Crippen LogP contribution in [0, 0.1) is 5.21 Å². The topological polar surface area (TPSA) is 52.7 Å². The maximum absolute atomic E-state index is 11.3. The first kappa shape index (κ1) is 9.92. The Morgan fingerprint density at radius 1 is 1.33 bits per heavy atom. The maximum Gasteiger partial charge on any atom is 0.203 e. The predicted molar refractivity (Wildman–Crippen MR) is 57.0 cm³/mol. The minimum absolute atomic E-state index is 0.612. The molecule has 0 saturated carbocycles. The quantitative estimate of drug-likeness (QED) is 0.339. The first-order chi connectivity index (χ1) is 7.36. The number of thioether (sulfide) groups is 1. The van der Waals surface area contributed by atoms with E-state index in [1.54, 1.807) is 18.3 Å². The summed E-state index contributed by atoms with van der Waals surface area (Å²) in [6.45, 7) is 0. The molecule has 0 amide bonds. The van der Waals surface area contributed by atoms with Crippen LogP contribution >= 0.6 is 11.8 Å². The zero-order chi connectivity index (χ0) is 10.5. The van der Waals surface area contributed by atoms with Crippen LogP contribution in [0.2, 0.25) is 0 Å². The van der Waals surface area contributed by atoms with Gasteiger partial charge in [-0.1, -0.05) is 11.8 Å². The fourth-order valence-electron chi connectivity index (χ4n) is 1.09. The van der Waals surface area contributed by atoms with Gasteiger partial charge in [-0.25, -0.2) is 9.97 Å². The molecule has 0 spiro atoms. The number of aromatic nitrogens is 3. The molecule has 0 saturated heterocycles. The molecule has 0 radical (unpaired) electrons. The van der Waals surface area contributed by atoms with Crippen molar-refractivity contribution in [2.75, 3.05) is 0 Å². The molecule has 2 rings (SSSR count). The molecule has 2 aromatic heterocycles. The molecular weight excluding hydrogens is 210 g/mol. The van der Waals surface area contributed by atoms with Crippen molar-refractivity contribution in [1.82, 2.24) is 9.97 Å². The lowest BCUT2D eigenvalue weighted by molar-refractivity contribution is -0.612. The molecule has 0 aliphatic rings. The Kier molecular flexibility index (Phi) is 3.14. The van der Waals surface area contributed by atoms with Gasteiger partial charge in [-0.3, -0.25) is 0 Å². The van der Waals surface area contributed by atoms with Gasteiger partial charge in [-0.2, -0.15) is 4.73 Å². The smallest absolute Gasteiger partial charge is 0.203 e. The largest absolute Gasteiger partial charge is 0.618 e. The fraction of sp³-hybridized carbons (Fsp3) is 0.100. The molecule has 2 heterocycles. The van der Waals surface area contributed by atoms with Crippen LogP contribution in [-0.2, 0) is 5.75 Å². The summed E-state index contributed by atoms with van der Waals surface area (Å²) in [5.41, 5.74) is 0.723. The number of nitrogens with zero attached hydrogens (tertiary/aromatic N) is 3. The molecule has 76 valence electrons. The summed E-state index contributed by atoms with van der Waals surface area (Å²) in [4.78, 5) is 7.89. The molecule has 0 aliphatic carbocycles. The van der Waals surface area contributed by atoms with E-state index in [4.69, 9.17) is 0 Å². The second kappa shape index (κ2) is 4.75. The van der Waals surface area contributed by atoms with Gasteiger partial charge in [0.2, 0.25) is 5.69 Å². The Balaban J connectivity index is 2.03. The third-order valence-electron chi connectivity index (χ3n) is 1.83. The van der Waals surface area contributed by atoms with Gasteiger partial charge in [-0.15, -0.1) is 0 Å². The minimum Gasteiger partial charge on any atom is -0.618 e. The normalized spacial score (nSPS) is 10.1. The van der Waals surface area contributed by atoms with E-state index in [1.807, 2.05) is 12.1 Å². The van der Waals surface area contributed by atoms with E-state index in [2.05, 4.69) is 9.97 Å². The van der Waals surface area contributed by atoms with Crippen molar-refractivity contribution in [3.8, 4) is 0 Å². The van der Waals surface area contributed by atoms with Crippen LogP contribution < -0.4 is 4.73 Å². The van der Waals surface area contributed by atoms with Crippen LogP contribution in [0.3, 0.4) is 0 Å². The summed E-state index contributed by atoms with van der Waals surface area (Å²) in [7, 11) is 0. The van der Waals surface area contributed by atoms with Gasteiger partial charge >= 0.3 is 0 Å². The average Bonchev–Trinajstić information content (AvgIpc) is 2.29. The summed E-state index contributed by atoms with van der Waals surface area (Å²) in [6, 6.07) is 7.19. The van der Waals surface area contributed by atoms with E-state index in [1.165, 1.54) is 24.3 Å². The lowest BCUT2D eigenvalue weighted by atomic mass is 10.4. The maximum atomic E-state index is 11.3. The van der Waals surface area contributed by atoms with Crippen molar-refractivity contribution in [2.45, 2.75) is 10.8 Å². The summed E-state index contributed by atoms with van der Waals surface area (Å²) < 4.78 is 0.869. The van der Waals surface area contributed by atoms with Crippen molar-refractivity contribution in [3.05, 3.63) is 53.9 Å². The summed E-state index contributed by atoms with van der Waals surface area (Å²) in [6.07, 6.45) is 4.68. The van der Waals surface area contributed by atoms with Crippen LogP contribution in [0.25, 0.3) is 0 Å².